The molecule has 0 bridgehead atoms. The quantitative estimate of drug-likeness (QED) is 0.573. The molecule has 0 saturated heterocycles. The fraction of sp³-hybridized carbons (Fsp3) is 0.238. The lowest BCUT2D eigenvalue weighted by Crippen LogP contribution is -2.33. The summed E-state index contributed by atoms with van der Waals surface area (Å²) in [6.45, 7) is 3.82. The Morgan fingerprint density at radius 2 is 1.89 bits per heavy atom. The maximum absolute atomic E-state index is 13.6. The van der Waals surface area contributed by atoms with Crippen LogP contribution in [0.25, 0.3) is 10.6 Å². The normalized spacial score (nSPS) is 10.9. The maximum atomic E-state index is 13.6. The van der Waals surface area contributed by atoms with Crippen LogP contribution in [0.5, 0.6) is 5.75 Å². The SMILES string of the molecule is CC(C)N(C)C(=O)c1csc(-c2ccc(OCc3cc(F)ccc3F)cc2)n1. The van der Waals surface area contributed by atoms with Crippen molar-refractivity contribution in [1.82, 2.24) is 9.88 Å². The van der Waals surface area contributed by atoms with Crippen LogP contribution in [0, 0.1) is 11.6 Å². The van der Waals surface area contributed by atoms with Crippen LogP contribution in [0.1, 0.15) is 29.9 Å². The highest BCUT2D eigenvalue weighted by atomic mass is 32.1. The summed E-state index contributed by atoms with van der Waals surface area (Å²) in [7, 11) is 1.75. The van der Waals surface area contributed by atoms with Gasteiger partial charge in [-0.05, 0) is 56.3 Å². The molecule has 0 spiro atoms. The monoisotopic (exact) mass is 402 g/mol. The van der Waals surface area contributed by atoms with Gasteiger partial charge in [-0.1, -0.05) is 0 Å². The lowest BCUT2D eigenvalue weighted by molar-refractivity contribution is 0.0750. The highest BCUT2D eigenvalue weighted by Crippen LogP contribution is 2.27. The predicted molar refractivity (Wildman–Crippen MR) is 105 cm³/mol. The van der Waals surface area contributed by atoms with Crippen LogP contribution in [0.3, 0.4) is 0 Å². The molecule has 28 heavy (non-hydrogen) atoms. The van der Waals surface area contributed by atoms with E-state index >= 15 is 0 Å². The third kappa shape index (κ3) is 4.54. The molecule has 4 nitrogen and oxygen atoms in total. The van der Waals surface area contributed by atoms with E-state index in [1.54, 1.807) is 29.5 Å². The highest BCUT2D eigenvalue weighted by Gasteiger charge is 2.18. The second-order valence-electron chi connectivity index (χ2n) is 6.60. The Kier molecular flexibility index (Phi) is 6.04. The van der Waals surface area contributed by atoms with Crippen molar-refractivity contribution in [2.75, 3.05) is 7.05 Å². The molecule has 0 atom stereocenters. The number of thiazole rings is 1. The molecular formula is C21H20F2N2O2S. The molecule has 0 radical (unpaired) electrons. The molecule has 1 amide bonds. The molecule has 3 aromatic rings. The summed E-state index contributed by atoms with van der Waals surface area (Å²) in [6.07, 6.45) is 0. The number of hydrogen-bond donors (Lipinski definition) is 0. The van der Waals surface area contributed by atoms with Crippen molar-refractivity contribution in [3.05, 3.63) is 70.7 Å². The number of aromatic nitrogens is 1. The number of amides is 1. The largest absolute Gasteiger partial charge is 0.489 e. The maximum Gasteiger partial charge on any atom is 0.273 e. The number of carbonyl (C=O) groups is 1. The predicted octanol–water partition coefficient (Wildman–Crippen LogP) is 5.15. The first-order valence-electron chi connectivity index (χ1n) is 8.75. The zero-order valence-corrected chi connectivity index (χ0v) is 16.6. The van der Waals surface area contributed by atoms with Crippen molar-refractivity contribution >= 4 is 17.2 Å². The van der Waals surface area contributed by atoms with Gasteiger partial charge in [0.15, 0.2) is 0 Å². The first-order chi connectivity index (χ1) is 13.3. The Bertz CT molecular complexity index is 971. The minimum Gasteiger partial charge on any atom is -0.489 e. The molecule has 146 valence electrons. The summed E-state index contributed by atoms with van der Waals surface area (Å²) in [5, 5.41) is 2.47. The Morgan fingerprint density at radius 1 is 1.18 bits per heavy atom. The molecule has 7 heteroatoms. The van der Waals surface area contributed by atoms with Gasteiger partial charge in [0, 0.05) is 29.6 Å². The number of nitrogens with zero attached hydrogens (tertiary/aromatic N) is 2. The van der Waals surface area contributed by atoms with Crippen molar-refractivity contribution in [2.24, 2.45) is 0 Å². The van der Waals surface area contributed by atoms with Crippen molar-refractivity contribution in [3.8, 4) is 16.3 Å². The van der Waals surface area contributed by atoms with E-state index in [1.807, 2.05) is 26.0 Å². The first kappa shape index (κ1) is 19.9. The molecule has 0 aliphatic carbocycles. The van der Waals surface area contributed by atoms with Crippen LogP contribution in [-0.4, -0.2) is 28.9 Å². The van der Waals surface area contributed by atoms with E-state index < -0.39 is 11.6 Å². The zero-order chi connectivity index (χ0) is 20.3. The summed E-state index contributed by atoms with van der Waals surface area (Å²) < 4.78 is 32.4. The minimum atomic E-state index is -0.510. The number of halogens is 2. The fourth-order valence-corrected chi connectivity index (χ4v) is 3.23. The molecule has 1 aromatic heterocycles. The number of carbonyl (C=O) groups excluding carboxylic acids is 1. The Morgan fingerprint density at radius 3 is 2.57 bits per heavy atom. The molecular weight excluding hydrogens is 382 g/mol. The smallest absolute Gasteiger partial charge is 0.273 e. The van der Waals surface area contributed by atoms with Crippen molar-refractivity contribution in [2.45, 2.75) is 26.5 Å². The second kappa shape index (κ2) is 8.48. The van der Waals surface area contributed by atoms with Crippen LogP contribution in [0.2, 0.25) is 0 Å². The van der Waals surface area contributed by atoms with Gasteiger partial charge in [0.2, 0.25) is 0 Å². The van der Waals surface area contributed by atoms with E-state index in [2.05, 4.69) is 4.98 Å². The summed E-state index contributed by atoms with van der Waals surface area (Å²) in [4.78, 5) is 18.4. The van der Waals surface area contributed by atoms with Crippen molar-refractivity contribution in [3.63, 3.8) is 0 Å². The number of rotatable bonds is 6. The minimum absolute atomic E-state index is 0.0691. The van der Waals surface area contributed by atoms with E-state index in [9.17, 15) is 13.6 Å². The first-order valence-corrected chi connectivity index (χ1v) is 9.63. The highest BCUT2D eigenvalue weighted by molar-refractivity contribution is 7.13. The lowest BCUT2D eigenvalue weighted by atomic mass is 10.2. The Labute approximate surface area is 166 Å². The van der Waals surface area contributed by atoms with Gasteiger partial charge in [-0.3, -0.25) is 4.79 Å². The van der Waals surface area contributed by atoms with Gasteiger partial charge in [0.25, 0.3) is 5.91 Å². The third-order valence-electron chi connectivity index (χ3n) is 4.32. The molecule has 0 unspecified atom stereocenters. The number of ether oxygens (including phenoxy) is 1. The van der Waals surface area contributed by atoms with Crippen LogP contribution in [0.4, 0.5) is 8.78 Å². The van der Waals surface area contributed by atoms with Gasteiger partial charge in [-0.2, -0.15) is 0 Å². The third-order valence-corrected chi connectivity index (χ3v) is 5.21. The number of hydrogen-bond acceptors (Lipinski definition) is 4. The van der Waals surface area contributed by atoms with Gasteiger partial charge < -0.3 is 9.64 Å². The van der Waals surface area contributed by atoms with E-state index in [0.29, 0.717) is 11.4 Å². The van der Waals surface area contributed by atoms with Crippen LogP contribution >= 0.6 is 11.3 Å². The van der Waals surface area contributed by atoms with E-state index in [4.69, 9.17) is 4.74 Å². The van der Waals surface area contributed by atoms with Gasteiger partial charge in [0.05, 0.1) is 0 Å². The summed E-state index contributed by atoms with van der Waals surface area (Å²) in [6, 6.07) is 10.5. The molecule has 0 aliphatic rings. The van der Waals surface area contributed by atoms with Crippen LogP contribution < -0.4 is 4.74 Å². The van der Waals surface area contributed by atoms with E-state index in [0.717, 1.165) is 28.8 Å². The topological polar surface area (TPSA) is 42.4 Å². The second-order valence-corrected chi connectivity index (χ2v) is 7.45. The molecule has 2 aromatic carbocycles. The molecule has 1 heterocycles. The van der Waals surface area contributed by atoms with Gasteiger partial charge in [-0.15, -0.1) is 11.3 Å². The van der Waals surface area contributed by atoms with E-state index in [-0.39, 0.29) is 24.1 Å². The molecule has 0 aliphatic heterocycles. The van der Waals surface area contributed by atoms with Crippen molar-refractivity contribution in [1.29, 1.82) is 0 Å². The van der Waals surface area contributed by atoms with Crippen molar-refractivity contribution < 1.29 is 18.3 Å². The summed E-state index contributed by atoms with van der Waals surface area (Å²) in [5.74, 6) is -0.605. The Hall–Kier alpha value is -2.80. The van der Waals surface area contributed by atoms with Crippen LogP contribution in [0.15, 0.2) is 47.8 Å². The summed E-state index contributed by atoms with van der Waals surface area (Å²) in [5.41, 5.74) is 1.42. The molecule has 0 fully saturated rings. The molecule has 3 rings (SSSR count). The number of benzene rings is 2. The molecule has 0 saturated carbocycles. The van der Waals surface area contributed by atoms with E-state index in [1.165, 1.54) is 11.3 Å². The van der Waals surface area contributed by atoms with Gasteiger partial charge in [0.1, 0.15) is 34.7 Å². The summed E-state index contributed by atoms with van der Waals surface area (Å²) >= 11 is 1.39. The van der Waals surface area contributed by atoms with Gasteiger partial charge in [-0.25, -0.2) is 13.8 Å². The average Bonchev–Trinajstić information content (AvgIpc) is 3.18. The molecule has 0 N–H and O–H groups in total. The van der Waals surface area contributed by atoms with Crippen LogP contribution in [-0.2, 0) is 6.61 Å². The van der Waals surface area contributed by atoms with Gasteiger partial charge >= 0.3 is 0 Å². The lowest BCUT2D eigenvalue weighted by Gasteiger charge is -2.19. The fourth-order valence-electron chi connectivity index (χ4n) is 2.43. The average molecular weight is 402 g/mol. The zero-order valence-electron chi connectivity index (χ0n) is 15.8. The Balaban J connectivity index is 1.68. The standard InChI is InChI=1S/C21H20F2N2O2S/c1-13(2)25(3)21(26)19-12-28-20(24-19)14-4-7-17(8-5-14)27-11-15-10-16(22)6-9-18(15)23/h4-10,12-13H,11H2,1-3H3.